The average molecular weight is 355 g/mol. The molecule has 1 amide bonds. The van der Waals surface area contributed by atoms with Crippen LogP contribution in [0.25, 0.3) is 11.4 Å². The first-order chi connectivity index (χ1) is 12.6. The van der Waals surface area contributed by atoms with Crippen LogP contribution in [0.1, 0.15) is 29.2 Å². The standard InChI is InChI=1S/C18H18FN5O2/c1-23-14(7-10-20-23)16(25)24-11-8-18(19,9-12-24)17-21-15(22-26-17)13-5-3-2-4-6-13/h2-7,10H,8-9,11-12H2,1H3. The van der Waals surface area contributed by atoms with E-state index in [1.807, 2.05) is 30.3 Å². The molecule has 0 atom stereocenters. The van der Waals surface area contributed by atoms with Crippen molar-refractivity contribution in [3.8, 4) is 11.4 Å². The van der Waals surface area contributed by atoms with Crippen molar-refractivity contribution < 1.29 is 13.7 Å². The van der Waals surface area contributed by atoms with Crippen molar-refractivity contribution in [1.29, 1.82) is 0 Å². The fraction of sp³-hybridized carbons (Fsp3) is 0.333. The minimum atomic E-state index is -1.72. The Morgan fingerprint density at radius 1 is 1.19 bits per heavy atom. The summed E-state index contributed by atoms with van der Waals surface area (Å²) in [5, 5.41) is 7.90. The second-order valence-electron chi connectivity index (χ2n) is 6.39. The smallest absolute Gasteiger partial charge is 0.272 e. The van der Waals surface area contributed by atoms with Crippen LogP contribution >= 0.6 is 0 Å². The van der Waals surface area contributed by atoms with Gasteiger partial charge in [-0.25, -0.2) is 4.39 Å². The van der Waals surface area contributed by atoms with Crippen molar-refractivity contribution in [3.63, 3.8) is 0 Å². The number of carbonyl (C=O) groups is 1. The second kappa shape index (κ2) is 6.36. The number of hydrogen-bond acceptors (Lipinski definition) is 5. The van der Waals surface area contributed by atoms with E-state index < -0.39 is 5.67 Å². The van der Waals surface area contributed by atoms with Crippen molar-refractivity contribution in [1.82, 2.24) is 24.8 Å². The summed E-state index contributed by atoms with van der Waals surface area (Å²) in [6, 6.07) is 10.9. The Labute approximate surface area is 149 Å². The number of amides is 1. The Bertz CT molecular complexity index is 913. The first-order valence-corrected chi connectivity index (χ1v) is 8.43. The monoisotopic (exact) mass is 355 g/mol. The molecule has 1 saturated heterocycles. The minimum absolute atomic E-state index is 0.0241. The van der Waals surface area contributed by atoms with Gasteiger partial charge >= 0.3 is 0 Å². The van der Waals surface area contributed by atoms with Gasteiger partial charge in [-0.3, -0.25) is 9.48 Å². The van der Waals surface area contributed by atoms with Crippen LogP contribution in [-0.4, -0.2) is 43.8 Å². The summed E-state index contributed by atoms with van der Waals surface area (Å²) in [7, 11) is 1.71. The van der Waals surface area contributed by atoms with Crippen LogP contribution in [0, 0.1) is 0 Å². The van der Waals surface area contributed by atoms with Crippen LogP contribution in [0.3, 0.4) is 0 Å². The van der Waals surface area contributed by atoms with Gasteiger partial charge in [-0.2, -0.15) is 10.1 Å². The average Bonchev–Trinajstić information content (AvgIpc) is 3.32. The third-order valence-electron chi connectivity index (χ3n) is 4.72. The topological polar surface area (TPSA) is 77.1 Å². The molecule has 2 aromatic heterocycles. The highest BCUT2D eigenvalue weighted by atomic mass is 19.1. The molecule has 1 fully saturated rings. The van der Waals surface area contributed by atoms with Crippen LogP contribution in [0.4, 0.5) is 4.39 Å². The van der Waals surface area contributed by atoms with Gasteiger partial charge in [0.2, 0.25) is 5.82 Å². The van der Waals surface area contributed by atoms with Crippen LogP contribution in [0.2, 0.25) is 0 Å². The number of benzene rings is 1. The molecule has 0 radical (unpaired) electrons. The van der Waals surface area contributed by atoms with Gasteiger partial charge in [-0.15, -0.1) is 0 Å². The van der Waals surface area contributed by atoms with Crippen LogP contribution in [0.5, 0.6) is 0 Å². The van der Waals surface area contributed by atoms with Gasteiger partial charge in [0.15, 0.2) is 5.67 Å². The summed E-state index contributed by atoms with van der Waals surface area (Å²) in [6.45, 7) is 0.563. The zero-order valence-corrected chi connectivity index (χ0v) is 14.3. The first-order valence-electron chi connectivity index (χ1n) is 8.43. The molecule has 0 N–H and O–H groups in total. The summed E-state index contributed by atoms with van der Waals surface area (Å²) < 4.78 is 22.1. The highest BCUT2D eigenvalue weighted by Crippen LogP contribution is 2.37. The largest absolute Gasteiger partial charge is 0.337 e. The number of piperidine rings is 1. The molecule has 7 nitrogen and oxygen atoms in total. The molecule has 8 heteroatoms. The second-order valence-corrected chi connectivity index (χ2v) is 6.39. The highest BCUT2D eigenvalue weighted by Gasteiger charge is 2.42. The molecule has 0 unspecified atom stereocenters. The molecule has 1 aliphatic heterocycles. The van der Waals surface area contributed by atoms with E-state index >= 15 is 4.39 Å². The van der Waals surface area contributed by atoms with Crippen molar-refractivity contribution in [2.24, 2.45) is 7.05 Å². The molecule has 3 aromatic rings. The number of rotatable bonds is 3. The number of carbonyl (C=O) groups excluding carboxylic acids is 1. The summed E-state index contributed by atoms with van der Waals surface area (Å²) in [6.07, 6.45) is 1.81. The van der Waals surface area contributed by atoms with Crippen molar-refractivity contribution in [3.05, 3.63) is 54.2 Å². The molecule has 1 aromatic carbocycles. The van der Waals surface area contributed by atoms with E-state index in [1.165, 1.54) is 4.68 Å². The van der Waals surface area contributed by atoms with E-state index in [4.69, 9.17) is 4.52 Å². The summed E-state index contributed by atoms with van der Waals surface area (Å²) >= 11 is 0. The molecule has 0 spiro atoms. The quantitative estimate of drug-likeness (QED) is 0.722. The lowest BCUT2D eigenvalue weighted by Crippen LogP contribution is -2.44. The molecule has 4 rings (SSSR count). The highest BCUT2D eigenvalue weighted by molar-refractivity contribution is 5.92. The van der Waals surface area contributed by atoms with Gasteiger partial charge in [0.25, 0.3) is 11.8 Å². The minimum Gasteiger partial charge on any atom is -0.337 e. The summed E-state index contributed by atoms with van der Waals surface area (Å²) in [5.74, 6) is 0.192. The number of alkyl halides is 1. The predicted octanol–water partition coefficient (Wildman–Crippen LogP) is 2.57. The number of likely N-dealkylation sites (tertiary alicyclic amines) is 1. The zero-order valence-electron chi connectivity index (χ0n) is 14.3. The van der Waals surface area contributed by atoms with Gasteiger partial charge in [-0.05, 0) is 6.07 Å². The Kier molecular flexibility index (Phi) is 4.02. The normalized spacial score (nSPS) is 16.6. The maximum absolute atomic E-state index is 15.3. The molecule has 1 aliphatic rings. The van der Waals surface area contributed by atoms with Crippen molar-refractivity contribution in [2.75, 3.05) is 13.1 Å². The lowest BCUT2D eigenvalue weighted by Gasteiger charge is -2.34. The number of aryl methyl sites for hydroxylation is 1. The zero-order chi connectivity index (χ0) is 18.1. The number of aromatic nitrogens is 4. The first kappa shape index (κ1) is 16.4. The van der Waals surface area contributed by atoms with E-state index in [-0.39, 0.29) is 37.7 Å². The molecular formula is C18H18FN5O2. The molecule has 26 heavy (non-hydrogen) atoms. The van der Waals surface area contributed by atoms with E-state index in [9.17, 15) is 4.79 Å². The SMILES string of the molecule is Cn1nccc1C(=O)N1CCC(F)(c2nc(-c3ccccc3)no2)CC1. The maximum atomic E-state index is 15.3. The molecule has 0 bridgehead atoms. The van der Waals surface area contributed by atoms with Crippen molar-refractivity contribution in [2.45, 2.75) is 18.5 Å². The molecule has 134 valence electrons. The Morgan fingerprint density at radius 2 is 1.92 bits per heavy atom. The molecule has 0 aliphatic carbocycles. The van der Waals surface area contributed by atoms with Gasteiger partial charge in [0.05, 0.1) is 0 Å². The lowest BCUT2D eigenvalue weighted by atomic mass is 9.93. The van der Waals surface area contributed by atoms with Gasteiger partial charge < -0.3 is 9.42 Å². The predicted molar refractivity (Wildman–Crippen MR) is 90.9 cm³/mol. The summed E-state index contributed by atoms with van der Waals surface area (Å²) in [5.41, 5.74) is -0.459. The molecule has 0 saturated carbocycles. The summed E-state index contributed by atoms with van der Waals surface area (Å²) in [4.78, 5) is 18.4. The van der Waals surface area contributed by atoms with Gasteiger partial charge in [0.1, 0.15) is 5.69 Å². The Morgan fingerprint density at radius 3 is 2.58 bits per heavy atom. The third kappa shape index (κ3) is 2.87. The number of hydrogen-bond donors (Lipinski definition) is 0. The lowest BCUT2D eigenvalue weighted by molar-refractivity contribution is 0.0243. The van der Waals surface area contributed by atoms with Gasteiger partial charge in [-0.1, -0.05) is 35.5 Å². The van der Waals surface area contributed by atoms with E-state index in [2.05, 4.69) is 15.2 Å². The Hall–Kier alpha value is -3.03. The van der Waals surface area contributed by atoms with Crippen LogP contribution < -0.4 is 0 Å². The fourth-order valence-corrected chi connectivity index (χ4v) is 3.13. The van der Waals surface area contributed by atoms with Crippen LogP contribution in [0.15, 0.2) is 47.1 Å². The van der Waals surface area contributed by atoms with Crippen molar-refractivity contribution >= 4 is 5.91 Å². The van der Waals surface area contributed by atoms with E-state index in [0.717, 1.165) is 5.56 Å². The van der Waals surface area contributed by atoms with Crippen LogP contribution in [-0.2, 0) is 12.7 Å². The Balaban J connectivity index is 1.47. The van der Waals surface area contributed by atoms with E-state index in [0.29, 0.717) is 11.5 Å². The van der Waals surface area contributed by atoms with E-state index in [1.54, 1.807) is 24.2 Å². The fourth-order valence-electron chi connectivity index (χ4n) is 3.13. The maximum Gasteiger partial charge on any atom is 0.272 e. The van der Waals surface area contributed by atoms with Gasteiger partial charge in [0, 0.05) is 44.7 Å². The molecule has 3 heterocycles. The number of halogens is 1. The molecular weight excluding hydrogens is 337 g/mol. The number of nitrogens with zero attached hydrogens (tertiary/aromatic N) is 5. The third-order valence-corrected chi connectivity index (χ3v) is 4.72.